The lowest BCUT2D eigenvalue weighted by Crippen LogP contribution is -2.16. The number of rotatable bonds is 9. The average Bonchev–Trinajstić information content (AvgIpc) is 3.27. The largest absolute Gasteiger partial charge is 0.490 e. The molecule has 0 aliphatic heterocycles. The molecule has 2 N–H and O–H groups in total. The van der Waals surface area contributed by atoms with E-state index in [9.17, 15) is 9.59 Å². The number of carboxylic acids is 1. The number of fused-ring (bicyclic) bond motifs is 1. The Morgan fingerprint density at radius 2 is 1.89 bits per heavy atom. The van der Waals surface area contributed by atoms with Crippen molar-refractivity contribution in [2.24, 2.45) is 5.10 Å². The van der Waals surface area contributed by atoms with Crippen molar-refractivity contribution >= 4 is 67.6 Å². The van der Waals surface area contributed by atoms with Gasteiger partial charge in [0.2, 0.25) is 0 Å². The van der Waals surface area contributed by atoms with Gasteiger partial charge in [0.1, 0.15) is 12.2 Å². The molecule has 0 saturated carbocycles. The number of ether oxygens (including phenoxy) is 2. The summed E-state index contributed by atoms with van der Waals surface area (Å²) in [5.74, 6) is -0.191. The number of carboxylic acid groups (broad SMARTS) is 1. The molecule has 1 amide bonds. The summed E-state index contributed by atoms with van der Waals surface area (Å²) in [5, 5.41) is 13.9. The van der Waals surface area contributed by atoms with Crippen molar-refractivity contribution in [1.29, 1.82) is 0 Å². The Labute approximate surface area is 228 Å². The molecule has 0 fully saturated rings. The number of nitrogens with zero attached hydrogens (tertiary/aromatic N) is 1. The van der Waals surface area contributed by atoms with E-state index < -0.39 is 11.9 Å². The SMILES string of the molecule is CCOc1cc(/C=N/NC(=O)c2cc3cc(Br)ccc3o2)cc(I)c1OCc1ccc(C(=O)O)cc1. The van der Waals surface area contributed by atoms with E-state index in [2.05, 4.69) is 49.0 Å². The molecule has 0 aliphatic rings. The van der Waals surface area contributed by atoms with Crippen molar-refractivity contribution in [1.82, 2.24) is 5.43 Å². The maximum Gasteiger partial charge on any atom is 0.335 e. The number of hydrazone groups is 1. The predicted molar refractivity (Wildman–Crippen MR) is 147 cm³/mol. The first-order valence-corrected chi connectivity index (χ1v) is 12.6. The highest BCUT2D eigenvalue weighted by Crippen LogP contribution is 2.34. The van der Waals surface area contributed by atoms with E-state index >= 15 is 0 Å². The van der Waals surface area contributed by atoms with E-state index in [0.717, 1.165) is 19.0 Å². The highest BCUT2D eigenvalue weighted by Gasteiger charge is 2.14. The molecular formula is C26H20BrIN2O6. The lowest BCUT2D eigenvalue weighted by atomic mass is 10.1. The minimum absolute atomic E-state index is 0.157. The van der Waals surface area contributed by atoms with Crippen LogP contribution in [0.3, 0.4) is 0 Å². The van der Waals surface area contributed by atoms with Gasteiger partial charge in [-0.25, -0.2) is 10.2 Å². The molecule has 8 nitrogen and oxygen atoms in total. The van der Waals surface area contributed by atoms with Gasteiger partial charge in [-0.3, -0.25) is 4.79 Å². The fraction of sp³-hybridized carbons (Fsp3) is 0.115. The quantitative estimate of drug-likeness (QED) is 0.125. The molecule has 10 heteroatoms. The fourth-order valence-electron chi connectivity index (χ4n) is 3.31. The van der Waals surface area contributed by atoms with E-state index in [4.69, 9.17) is 19.0 Å². The number of nitrogens with one attached hydrogen (secondary N) is 1. The number of hydrogen-bond donors (Lipinski definition) is 2. The number of hydrogen-bond acceptors (Lipinski definition) is 6. The molecule has 0 saturated heterocycles. The van der Waals surface area contributed by atoms with Gasteiger partial charge in [-0.15, -0.1) is 0 Å². The Bertz CT molecular complexity index is 1450. The minimum atomic E-state index is -0.977. The number of carbonyl (C=O) groups is 2. The van der Waals surface area contributed by atoms with Gasteiger partial charge in [0.25, 0.3) is 0 Å². The molecule has 1 aromatic heterocycles. The first kappa shape index (κ1) is 25.7. The highest BCUT2D eigenvalue weighted by molar-refractivity contribution is 14.1. The number of halogens is 2. The molecule has 184 valence electrons. The van der Waals surface area contributed by atoms with Crippen LogP contribution in [0.4, 0.5) is 0 Å². The summed E-state index contributed by atoms with van der Waals surface area (Å²) in [5.41, 5.74) is 4.83. The van der Waals surface area contributed by atoms with Crippen LogP contribution in [0, 0.1) is 3.57 Å². The van der Waals surface area contributed by atoms with Crippen LogP contribution in [0.15, 0.2) is 74.7 Å². The van der Waals surface area contributed by atoms with Gasteiger partial charge in [-0.1, -0.05) is 28.1 Å². The van der Waals surface area contributed by atoms with Gasteiger partial charge in [0, 0.05) is 9.86 Å². The van der Waals surface area contributed by atoms with E-state index in [1.807, 2.05) is 25.1 Å². The number of furan rings is 1. The van der Waals surface area contributed by atoms with Crippen LogP contribution in [-0.2, 0) is 6.61 Å². The molecule has 0 unspecified atom stereocenters. The van der Waals surface area contributed by atoms with E-state index in [1.165, 1.54) is 18.3 Å². The van der Waals surface area contributed by atoms with Crippen molar-refractivity contribution in [3.63, 3.8) is 0 Å². The summed E-state index contributed by atoms with van der Waals surface area (Å²) in [4.78, 5) is 23.5. The predicted octanol–water partition coefficient (Wildman–Crippen LogP) is 6.24. The van der Waals surface area contributed by atoms with E-state index in [-0.39, 0.29) is 17.9 Å². The number of aromatic carboxylic acids is 1. The molecule has 1 heterocycles. The first-order valence-electron chi connectivity index (χ1n) is 10.8. The highest BCUT2D eigenvalue weighted by atomic mass is 127. The van der Waals surface area contributed by atoms with Crippen molar-refractivity contribution in [2.45, 2.75) is 13.5 Å². The number of benzene rings is 3. The Hall–Kier alpha value is -3.38. The fourth-order valence-corrected chi connectivity index (χ4v) is 4.47. The first-order chi connectivity index (χ1) is 17.3. The van der Waals surface area contributed by atoms with Crippen molar-refractivity contribution < 1.29 is 28.6 Å². The minimum Gasteiger partial charge on any atom is -0.490 e. The maximum atomic E-state index is 12.4. The van der Waals surface area contributed by atoms with Crippen LogP contribution in [-0.4, -0.2) is 29.8 Å². The molecule has 0 radical (unpaired) electrons. The third kappa shape index (κ3) is 6.24. The zero-order valence-corrected chi connectivity index (χ0v) is 22.7. The summed E-state index contributed by atoms with van der Waals surface area (Å²) < 4.78 is 19.0. The molecule has 3 aromatic carbocycles. The molecule has 0 spiro atoms. The van der Waals surface area contributed by atoms with Gasteiger partial charge in [0.15, 0.2) is 17.3 Å². The zero-order valence-electron chi connectivity index (χ0n) is 19.0. The lowest BCUT2D eigenvalue weighted by molar-refractivity contribution is 0.0696. The molecule has 4 aromatic rings. The average molecular weight is 663 g/mol. The summed E-state index contributed by atoms with van der Waals surface area (Å²) >= 11 is 5.54. The molecule has 4 rings (SSSR count). The summed E-state index contributed by atoms with van der Waals surface area (Å²) in [7, 11) is 0. The van der Waals surface area contributed by atoms with Crippen molar-refractivity contribution in [3.05, 3.63) is 91.2 Å². The molecule has 0 bridgehead atoms. The topological polar surface area (TPSA) is 110 Å². The van der Waals surface area contributed by atoms with Crippen LogP contribution in [0.5, 0.6) is 11.5 Å². The monoisotopic (exact) mass is 662 g/mol. The Morgan fingerprint density at radius 3 is 2.61 bits per heavy atom. The Balaban J connectivity index is 1.45. The summed E-state index contributed by atoms with van der Waals surface area (Å²) in [6, 6.07) is 17.2. The number of amides is 1. The second-order valence-corrected chi connectivity index (χ2v) is 9.62. The maximum absolute atomic E-state index is 12.4. The van der Waals surface area contributed by atoms with Gasteiger partial charge in [0.05, 0.1) is 22.0 Å². The Kier molecular flexibility index (Phi) is 8.26. The van der Waals surface area contributed by atoms with Crippen LogP contribution < -0.4 is 14.9 Å². The second kappa shape index (κ2) is 11.6. The van der Waals surface area contributed by atoms with E-state index in [1.54, 1.807) is 30.3 Å². The normalized spacial score (nSPS) is 11.1. The molecule has 0 aliphatic carbocycles. The molecule has 0 atom stereocenters. The van der Waals surface area contributed by atoms with Crippen LogP contribution in [0.2, 0.25) is 0 Å². The third-order valence-electron chi connectivity index (χ3n) is 5.00. The van der Waals surface area contributed by atoms with Crippen LogP contribution in [0.1, 0.15) is 39.0 Å². The van der Waals surface area contributed by atoms with Gasteiger partial charge in [-0.05, 0) is 89.2 Å². The lowest BCUT2D eigenvalue weighted by Gasteiger charge is -2.15. The summed E-state index contributed by atoms with van der Waals surface area (Å²) in [6.45, 7) is 2.54. The van der Waals surface area contributed by atoms with Gasteiger partial charge >= 0.3 is 11.9 Å². The second-order valence-electron chi connectivity index (χ2n) is 7.55. The van der Waals surface area contributed by atoms with Gasteiger partial charge in [-0.2, -0.15) is 5.10 Å². The van der Waals surface area contributed by atoms with Crippen molar-refractivity contribution in [2.75, 3.05) is 6.61 Å². The third-order valence-corrected chi connectivity index (χ3v) is 6.29. The number of carbonyl (C=O) groups excluding carboxylic acids is 1. The smallest absolute Gasteiger partial charge is 0.335 e. The van der Waals surface area contributed by atoms with Crippen LogP contribution in [0.25, 0.3) is 11.0 Å². The van der Waals surface area contributed by atoms with E-state index in [0.29, 0.717) is 29.3 Å². The van der Waals surface area contributed by atoms with Gasteiger partial charge < -0.3 is 19.0 Å². The molecule has 36 heavy (non-hydrogen) atoms. The van der Waals surface area contributed by atoms with Crippen LogP contribution >= 0.6 is 38.5 Å². The molecular weight excluding hydrogens is 643 g/mol. The standard InChI is InChI=1S/C26H20BrIN2O6/c1-2-34-22-10-16(9-20(28)24(22)35-14-15-3-5-17(6-4-15)26(32)33)13-29-30-25(31)23-12-18-11-19(27)7-8-21(18)36-23/h3-13H,2,14H2,1H3,(H,30,31)(H,32,33)/b29-13+. The zero-order chi connectivity index (χ0) is 25.7. The summed E-state index contributed by atoms with van der Waals surface area (Å²) in [6.07, 6.45) is 1.51. The van der Waals surface area contributed by atoms with Crippen molar-refractivity contribution in [3.8, 4) is 11.5 Å². The Morgan fingerprint density at radius 1 is 1.11 bits per heavy atom.